The van der Waals surface area contributed by atoms with Gasteiger partial charge in [-0.2, -0.15) is 0 Å². The van der Waals surface area contributed by atoms with Crippen molar-refractivity contribution < 1.29 is 14.3 Å². The Bertz CT molecular complexity index is 1070. The van der Waals surface area contributed by atoms with Crippen molar-refractivity contribution in [1.82, 2.24) is 10.2 Å². The van der Waals surface area contributed by atoms with Crippen LogP contribution < -0.4 is 10.1 Å². The molecule has 0 aliphatic rings. The third kappa shape index (κ3) is 5.88. The van der Waals surface area contributed by atoms with Gasteiger partial charge < -0.3 is 15.0 Å². The van der Waals surface area contributed by atoms with Gasteiger partial charge in [0.25, 0.3) is 5.91 Å². The van der Waals surface area contributed by atoms with Crippen LogP contribution in [-0.4, -0.2) is 35.9 Å². The Labute approximate surface area is 190 Å². The molecular formula is C27H32N2O3. The van der Waals surface area contributed by atoms with E-state index in [0.29, 0.717) is 24.8 Å². The molecule has 5 heteroatoms. The minimum absolute atomic E-state index is 0.137. The summed E-state index contributed by atoms with van der Waals surface area (Å²) in [7, 11) is 0. The molecule has 0 bridgehead atoms. The minimum Gasteiger partial charge on any atom is -0.483 e. The fraction of sp³-hybridized carbons (Fsp3) is 0.333. The van der Waals surface area contributed by atoms with Gasteiger partial charge in [-0.3, -0.25) is 9.59 Å². The summed E-state index contributed by atoms with van der Waals surface area (Å²) in [5.41, 5.74) is 2.09. The zero-order chi connectivity index (χ0) is 23.1. The van der Waals surface area contributed by atoms with Crippen LogP contribution in [0.15, 0.2) is 66.7 Å². The van der Waals surface area contributed by atoms with Gasteiger partial charge in [-0.05, 0) is 42.3 Å². The van der Waals surface area contributed by atoms with Crippen LogP contribution in [0, 0.1) is 12.8 Å². The van der Waals surface area contributed by atoms with Crippen LogP contribution in [-0.2, 0) is 16.1 Å². The summed E-state index contributed by atoms with van der Waals surface area (Å²) in [6, 6.07) is 21.0. The van der Waals surface area contributed by atoms with Crippen LogP contribution in [0.5, 0.6) is 5.75 Å². The molecule has 0 fully saturated rings. The zero-order valence-corrected chi connectivity index (χ0v) is 19.3. The molecule has 1 N–H and O–H groups in total. The third-order valence-corrected chi connectivity index (χ3v) is 5.55. The summed E-state index contributed by atoms with van der Waals surface area (Å²) >= 11 is 0. The highest BCUT2D eigenvalue weighted by Gasteiger charge is 2.27. The number of benzene rings is 3. The monoisotopic (exact) mass is 432 g/mol. The molecule has 0 unspecified atom stereocenters. The van der Waals surface area contributed by atoms with E-state index in [1.165, 1.54) is 0 Å². The first kappa shape index (κ1) is 23.3. The van der Waals surface area contributed by atoms with Gasteiger partial charge in [0.15, 0.2) is 6.61 Å². The molecule has 0 saturated heterocycles. The van der Waals surface area contributed by atoms with Crippen LogP contribution >= 0.6 is 0 Å². The topological polar surface area (TPSA) is 58.6 Å². The van der Waals surface area contributed by atoms with Crippen molar-refractivity contribution in [2.24, 2.45) is 5.92 Å². The van der Waals surface area contributed by atoms with Gasteiger partial charge in [0.05, 0.1) is 0 Å². The number of rotatable bonds is 9. The molecule has 1 atom stereocenters. The van der Waals surface area contributed by atoms with Crippen molar-refractivity contribution in [2.75, 3.05) is 13.2 Å². The quantitative estimate of drug-likeness (QED) is 0.532. The lowest BCUT2D eigenvalue weighted by Gasteiger charge is -2.29. The normalized spacial score (nSPS) is 11.9. The predicted octanol–water partition coefficient (Wildman–Crippen LogP) is 4.72. The molecule has 0 spiro atoms. The van der Waals surface area contributed by atoms with E-state index < -0.39 is 6.04 Å². The Kier molecular flexibility index (Phi) is 7.87. The highest BCUT2D eigenvalue weighted by molar-refractivity contribution is 5.90. The van der Waals surface area contributed by atoms with E-state index in [-0.39, 0.29) is 18.4 Å². The maximum Gasteiger partial charge on any atom is 0.261 e. The molecule has 0 aliphatic carbocycles. The first-order valence-corrected chi connectivity index (χ1v) is 11.1. The fourth-order valence-electron chi connectivity index (χ4n) is 3.55. The maximum absolute atomic E-state index is 13.3. The van der Waals surface area contributed by atoms with Crippen LogP contribution in [0.25, 0.3) is 10.8 Å². The summed E-state index contributed by atoms with van der Waals surface area (Å²) in [6.45, 7) is 8.64. The van der Waals surface area contributed by atoms with Crippen molar-refractivity contribution in [3.63, 3.8) is 0 Å². The average Bonchev–Trinajstić information content (AvgIpc) is 2.80. The molecule has 3 rings (SSSR count). The van der Waals surface area contributed by atoms with Crippen molar-refractivity contribution in [1.29, 1.82) is 0 Å². The second kappa shape index (κ2) is 10.8. The van der Waals surface area contributed by atoms with E-state index in [2.05, 4.69) is 5.32 Å². The highest BCUT2D eigenvalue weighted by Crippen LogP contribution is 2.25. The molecule has 0 radical (unpaired) electrons. The lowest BCUT2D eigenvalue weighted by Crippen LogP contribution is -2.49. The Morgan fingerprint density at radius 2 is 1.62 bits per heavy atom. The van der Waals surface area contributed by atoms with Crippen LogP contribution in [0.2, 0.25) is 0 Å². The minimum atomic E-state index is -0.614. The van der Waals surface area contributed by atoms with Gasteiger partial charge in [0.2, 0.25) is 5.91 Å². The standard InChI is InChI=1S/C27H32N2O3/c1-19(2)16-28-27(31)21(4)29(17-23-12-6-5-10-20(23)3)26(30)18-32-25-15-9-13-22-11-7-8-14-24(22)25/h5-15,19,21H,16-18H2,1-4H3,(H,28,31)/t21-/m1/s1. The summed E-state index contributed by atoms with van der Waals surface area (Å²) in [4.78, 5) is 27.6. The Hall–Kier alpha value is -3.34. The van der Waals surface area contributed by atoms with Crippen molar-refractivity contribution in [3.05, 3.63) is 77.9 Å². The van der Waals surface area contributed by atoms with E-state index in [9.17, 15) is 9.59 Å². The van der Waals surface area contributed by atoms with Crippen LogP contribution in [0.3, 0.4) is 0 Å². The predicted molar refractivity (Wildman–Crippen MR) is 128 cm³/mol. The lowest BCUT2D eigenvalue weighted by atomic mass is 10.1. The van der Waals surface area contributed by atoms with Gasteiger partial charge >= 0.3 is 0 Å². The number of nitrogens with one attached hydrogen (secondary N) is 1. The first-order chi connectivity index (χ1) is 15.4. The molecule has 0 saturated carbocycles. The Morgan fingerprint density at radius 3 is 2.38 bits per heavy atom. The molecule has 32 heavy (non-hydrogen) atoms. The van der Waals surface area contributed by atoms with Crippen LogP contribution in [0.4, 0.5) is 0 Å². The van der Waals surface area contributed by atoms with Gasteiger partial charge in [-0.1, -0.05) is 74.5 Å². The number of ether oxygens (including phenoxy) is 1. The van der Waals surface area contributed by atoms with Gasteiger partial charge in [0, 0.05) is 18.5 Å². The fourth-order valence-corrected chi connectivity index (χ4v) is 3.55. The number of fused-ring (bicyclic) bond motifs is 1. The number of hydrogen-bond acceptors (Lipinski definition) is 3. The number of aryl methyl sites for hydroxylation is 1. The third-order valence-electron chi connectivity index (χ3n) is 5.55. The highest BCUT2D eigenvalue weighted by atomic mass is 16.5. The van der Waals surface area contributed by atoms with Crippen LogP contribution in [0.1, 0.15) is 31.9 Å². The molecule has 0 heterocycles. The molecule has 168 valence electrons. The Morgan fingerprint density at radius 1 is 0.938 bits per heavy atom. The van der Waals surface area contributed by atoms with E-state index in [1.54, 1.807) is 11.8 Å². The summed E-state index contributed by atoms with van der Waals surface area (Å²) in [6.07, 6.45) is 0. The van der Waals surface area contributed by atoms with Gasteiger partial charge in [0.1, 0.15) is 11.8 Å². The maximum atomic E-state index is 13.3. The number of hydrogen-bond donors (Lipinski definition) is 1. The molecule has 0 aliphatic heterocycles. The number of nitrogens with zero attached hydrogens (tertiary/aromatic N) is 1. The van der Waals surface area contributed by atoms with Crippen molar-refractivity contribution in [3.8, 4) is 5.75 Å². The van der Waals surface area contributed by atoms with E-state index in [0.717, 1.165) is 21.9 Å². The number of carbonyl (C=O) groups is 2. The Balaban J connectivity index is 1.78. The summed E-state index contributed by atoms with van der Waals surface area (Å²) in [5, 5.41) is 4.95. The second-order valence-electron chi connectivity index (χ2n) is 8.53. The van der Waals surface area contributed by atoms with E-state index in [1.807, 2.05) is 87.5 Å². The number of carbonyl (C=O) groups excluding carboxylic acids is 2. The van der Waals surface area contributed by atoms with E-state index in [4.69, 9.17) is 4.74 Å². The molecule has 5 nitrogen and oxygen atoms in total. The SMILES string of the molecule is Cc1ccccc1CN(C(=O)COc1cccc2ccccc12)[C@H](C)C(=O)NCC(C)C. The zero-order valence-electron chi connectivity index (χ0n) is 19.3. The van der Waals surface area contributed by atoms with E-state index >= 15 is 0 Å². The lowest BCUT2D eigenvalue weighted by molar-refractivity contribution is -0.142. The number of amides is 2. The van der Waals surface area contributed by atoms with Crippen molar-refractivity contribution >= 4 is 22.6 Å². The second-order valence-corrected chi connectivity index (χ2v) is 8.53. The molecule has 3 aromatic carbocycles. The molecule has 0 aromatic heterocycles. The molecule has 2 amide bonds. The van der Waals surface area contributed by atoms with Crippen molar-refractivity contribution in [2.45, 2.75) is 40.3 Å². The molecule has 3 aromatic rings. The average molecular weight is 433 g/mol. The van der Waals surface area contributed by atoms with Gasteiger partial charge in [-0.25, -0.2) is 0 Å². The first-order valence-electron chi connectivity index (χ1n) is 11.1. The summed E-state index contributed by atoms with van der Waals surface area (Å²) in [5.74, 6) is 0.602. The van der Waals surface area contributed by atoms with Gasteiger partial charge in [-0.15, -0.1) is 0 Å². The smallest absolute Gasteiger partial charge is 0.261 e. The largest absolute Gasteiger partial charge is 0.483 e. The molecular weight excluding hydrogens is 400 g/mol. The summed E-state index contributed by atoms with van der Waals surface area (Å²) < 4.78 is 5.94.